The molecule has 3 rings (SSSR count). The zero-order valence-corrected chi connectivity index (χ0v) is 13.3. The number of nitrogens with zero attached hydrogens (tertiary/aromatic N) is 1. The predicted octanol–water partition coefficient (Wildman–Crippen LogP) is 4.06. The van der Waals surface area contributed by atoms with Gasteiger partial charge in [0.05, 0.1) is 5.02 Å². The Hall–Kier alpha value is -1.49. The summed E-state index contributed by atoms with van der Waals surface area (Å²) in [6.07, 6.45) is 2.33. The molecule has 22 heavy (non-hydrogen) atoms. The molecule has 2 aromatic rings. The Morgan fingerprint density at radius 3 is 2.86 bits per heavy atom. The third-order valence-electron chi connectivity index (χ3n) is 3.79. The van der Waals surface area contributed by atoms with Gasteiger partial charge in [0.15, 0.2) is 0 Å². The lowest BCUT2D eigenvalue weighted by atomic mass is 9.88. The van der Waals surface area contributed by atoms with E-state index in [1.54, 1.807) is 30.5 Å². The summed E-state index contributed by atoms with van der Waals surface area (Å²) >= 11 is 12.1. The molecule has 1 N–H and O–H groups in total. The fourth-order valence-electron chi connectivity index (χ4n) is 2.72. The van der Waals surface area contributed by atoms with Crippen LogP contribution < -0.4 is 10.1 Å². The van der Waals surface area contributed by atoms with Crippen molar-refractivity contribution in [2.75, 3.05) is 13.1 Å². The van der Waals surface area contributed by atoms with Crippen molar-refractivity contribution in [1.29, 1.82) is 0 Å². The van der Waals surface area contributed by atoms with Gasteiger partial charge in [-0.1, -0.05) is 23.2 Å². The first-order chi connectivity index (χ1) is 10.6. The maximum absolute atomic E-state index is 11.5. The SMILES string of the molecule is [O]c1cc(C2CCNCC2Oc2ccc(Cl)cc2Cl)ccn1. The first kappa shape index (κ1) is 15.4. The first-order valence-corrected chi connectivity index (χ1v) is 7.84. The Labute approximate surface area is 139 Å². The highest BCUT2D eigenvalue weighted by Gasteiger charge is 2.29. The number of ether oxygens (including phenoxy) is 1. The largest absolute Gasteiger partial charge is 0.487 e. The molecule has 1 aliphatic heterocycles. The quantitative estimate of drug-likeness (QED) is 0.918. The van der Waals surface area contributed by atoms with Crippen LogP contribution in [-0.4, -0.2) is 24.2 Å². The van der Waals surface area contributed by atoms with Crippen LogP contribution in [-0.2, 0) is 5.11 Å². The normalized spacial score (nSPS) is 21.5. The van der Waals surface area contributed by atoms with Crippen LogP contribution in [0.1, 0.15) is 17.9 Å². The summed E-state index contributed by atoms with van der Waals surface area (Å²) in [4.78, 5) is 3.72. The minimum atomic E-state index is -0.223. The van der Waals surface area contributed by atoms with E-state index in [1.165, 1.54) is 0 Å². The van der Waals surface area contributed by atoms with Crippen molar-refractivity contribution in [3.63, 3.8) is 0 Å². The van der Waals surface area contributed by atoms with Gasteiger partial charge in [0.25, 0.3) is 5.88 Å². The van der Waals surface area contributed by atoms with Crippen LogP contribution in [0.15, 0.2) is 36.5 Å². The van der Waals surface area contributed by atoms with Crippen molar-refractivity contribution >= 4 is 23.2 Å². The van der Waals surface area contributed by atoms with E-state index in [9.17, 15) is 5.11 Å². The molecule has 0 amide bonds. The van der Waals surface area contributed by atoms with Crippen molar-refractivity contribution in [3.05, 3.63) is 52.1 Å². The smallest absolute Gasteiger partial charge is 0.269 e. The summed E-state index contributed by atoms with van der Waals surface area (Å²) in [5.41, 5.74) is 0.955. The van der Waals surface area contributed by atoms with Gasteiger partial charge in [-0.15, -0.1) is 0 Å². The van der Waals surface area contributed by atoms with E-state index in [0.29, 0.717) is 22.3 Å². The van der Waals surface area contributed by atoms with Crippen LogP contribution in [0.25, 0.3) is 0 Å². The highest BCUT2D eigenvalue weighted by Crippen LogP contribution is 2.33. The summed E-state index contributed by atoms with van der Waals surface area (Å²) in [5, 5.41) is 15.9. The van der Waals surface area contributed by atoms with Crippen LogP contribution in [0, 0.1) is 0 Å². The molecule has 0 bridgehead atoms. The Balaban J connectivity index is 1.83. The van der Waals surface area contributed by atoms with Gasteiger partial charge in [0, 0.05) is 29.7 Å². The summed E-state index contributed by atoms with van der Waals surface area (Å²) in [6.45, 7) is 1.58. The van der Waals surface area contributed by atoms with Gasteiger partial charge >= 0.3 is 0 Å². The molecule has 2 unspecified atom stereocenters. The Morgan fingerprint density at radius 1 is 1.23 bits per heavy atom. The molecule has 1 saturated heterocycles. The van der Waals surface area contributed by atoms with Crippen molar-refractivity contribution in [2.24, 2.45) is 0 Å². The van der Waals surface area contributed by atoms with Crippen LogP contribution >= 0.6 is 23.2 Å². The number of piperidine rings is 1. The molecule has 4 nitrogen and oxygen atoms in total. The zero-order chi connectivity index (χ0) is 15.5. The van der Waals surface area contributed by atoms with Crippen molar-refractivity contribution in [1.82, 2.24) is 10.3 Å². The second kappa shape index (κ2) is 6.73. The molecule has 0 aliphatic carbocycles. The minimum absolute atomic E-state index is 0.103. The maximum atomic E-state index is 11.5. The third-order valence-corrected chi connectivity index (χ3v) is 4.32. The van der Waals surface area contributed by atoms with Crippen LogP contribution in [0.3, 0.4) is 0 Å². The van der Waals surface area contributed by atoms with E-state index in [2.05, 4.69) is 10.3 Å². The predicted molar refractivity (Wildman–Crippen MR) is 85.5 cm³/mol. The number of pyridine rings is 1. The molecule has 1 aromatic carbocycles. The number of aromatic nitrogens is 1. The highest BCUT2D eigenvalue weighted by molar-refractivity contribution is 6.35. The molecule has 0 spiro atoms. The summed E-state index contributed by atoms with van der Waals surface area (Å²) in [7, 11) is 0. The van der Waals surface area contributed by atoms with E-state index < -0.39 is 0 Å². The van der Waals surface area contributed by atoms with E-state index >= 15 is 0 Å². The van der Waals surface area contributed by atoms with Crippen LogP contribution in [0.4, 0.5) is 0 Å². The second-order valence-corrected chi connectivity index (χ2v) is 6.10. The van der Waals surface area contributed by atoms with Gasteiger partial charge in [0.1, 0.15) is 11.9 Å². The molecule has 1 fully saturated rings. The zero-order valence-electron chi connectivity index (χ0n) is 11.8. The van der Waals surface area contributed by atoms with Crippen molar-refractivity contribution in [3.8, 4) is 11.6 Å². The van der Waals surface area contributed by atoms with E-state index in [1.807, 2.05) is 6.07 Å². The van der Waals surface area contributed by atoms with Gasteiger partial charge in [-0.2, -0.15) is 0 Å². The average molecular weight is 338 g/mol. The van der Waals surface area contributed by atoms with E-state index in [-0.39, 0.29) is 17.9 Å². The summed E-state index contributed by atoms with van der Waals surface area (Å²) < 4.78 is 6.07. The summed E-state index contributed by atoms with van der Waals surface area (Å²) in [6, 6.07) is 8.62. The van der Waals surface area contributed by atoms with Gasteiger partial charge in [-0.05, 0) is 42.8 Å². The van der Waals surface area contributed by atoms with Crippen molar-refractivity contribution < 1.29 is 9.84 Å². The molecular formula is C16H15Cl2N2O2. The molecule has 6 heteroatoms. The lowest BCUT2D eigenvalue weighted by Gasteiger charge is -2.33. The van der Waals surface area contributed by atoms with Gasteiger partial charge < -0.3 is 10.1 Å². The fraction of sp³-hybridized carbons (Fsp3) is 0.312. The van der Waals surface area contributed by atoms with E-state index in [0.717, 1.165) is 18.5 Å². The Morgan fingerprint density at radius 2 is 2.09 bits per heavy atom. The number of benzene rings is 1. The van der Waals surface area contributed by atoms with Gasteiger partial charge in [-0.3, -0.25) is 5.11 Å². The number of hydrogen-bond acceptors (Lipinski definition) is 3. The molecule has 1 radical (unpaired) electrons. The number of hydrogen-bond donors (Lipinski definition) is 1. The maximum Gasteiger partial charge on any atom is 0.269 e. The molecule has 115 valence electrons. The second-order valence-electron chi connectivity index (χ2n) is 5.26. The van der Waals surface area contributed by atoms with Gasteiger partial charge in [-0.25, -0.2) is 4.98 Å². The van der Waals surface area contributed by atoms with Gasteiger partial charge in [0.2, 0.25) is 0 Å². The lowest BCUT2D eigenvalue weighted by molar-refractivity contribution is 0.142. The molecule has 1 aromatic heterocycles. The molecular weight excluding hydrogens is 323 g/mol. The fourth-order valence-corrected chi connectivity index (χ4v) is 3.18. The first-order valence-electron chi connectivity index (χ1n) is 7.09. The standard InChI is InChI=1S/C16H15Cl2N2O2/c17-11-1-2-14(13(18)8-11)22-15-9-19-5-4-12(15)10-3-6-20-16(21)7-10/h1-3,6-8,12,15,19H,4-5,9H2. The molecule has 0 saturated carbocycles. The number of rotatable bonds is 3. The Bertz CT molecular complexity index is 666. The van der Waals surface area contributed by atoms with E-state index in [4.69, 9.17) is 27.9 Å². The number of nitrogens with one attached hydrogen (secondary N) is 1. The highest BCUT2D eigenvalue weighted by atomic mass is 35.5. The average Bonchev–Trinajstić information content (AvgIpc) is 2.50. The van der Waals surface area contributed by atoms with Crippen LogP contribution in [0.2, 0.25) is 10.0 Å². The monoisotopic (exact) mass is 337 g/mol. The third kappa shape index (κ3) is 3.46. The minimum Gasteiger partial charge on any atom is -0.487 e. The topological polar surface area (TPSA) is 54.0 Å². The number of halogens is 2. The molecule has 2 atom stereocenters. The lowest BCUT2D eigenvalue weighted by Crippen LogP contribution is -2.42. The van der Waals surface area contributed by atoms with Crippen molar-refractivity contribution in [2.45, 2.75) is 18.4 Å². The molecule has 2 heterocycles. The summed E-state index contributed by atoms with van der Waals surface area (Å²) in [5.74, 6) is 0.504. The Kier molecular flexibility index (Phi) is 4.71. The molecule has 1 aliphatic rings. The van der Waals surface area contributed by atoms with Crippen LogP contribution in [0.5, 0.6) is 11.6 Å².